The lowest BCUT2D eigenvalue weighted by Gasteiger charge is -2.24. The van der Waals surface area contributed by atoms with Gasteiger partial charge in [0.25, 0.3) is 0 Å². The predicted molar refractivity (Wildman–Crippen MR) is 62.2 cm³/mol. The van der Waals surface area contributed by atoms with Crippen molar-refractivity contribution in [3.05, 3.63) is 0 Å². The van der Waals surface area contributed by atoms with Crippen molar-refractivity contribution < 1.29 is 0 Å². The highest BCUT2D eigenvalue weighted by atomic mass is 32.2. The summed E-state index contributed by atoms with van der Waals surface area (Å²) in [6.45, 7) is 4.99. The normalized spacial score (nSPS) is 12.8. The Balaban J connectivity index is 3.45. The zero-order valence-electron chi connectivity index (χ0n) is 8.84. The molecule has 0 heterocycles. The van der Waals surface area contributed by atoms with Crippen molar-refractivity contribution in [3.8, 4) is 12.3 Å². The minimum Gasteiger partial charge on any atom is -0.305 e. The molecule has 0 fully saturated rings. The number of terminal acetylenes is 1. The van der Waals surface area contributed by atoms with Crippen LogP contribution >= 0.6 is 11.8 Å². The van der Waals surface area contributed by atoms with Gasteiger partial charge in [0.05, 0.1) is 6.54 Å². The molecule has 0 aromatic heterocycles. The van der Waals surface area contributed by atoms with Gasteiger partial charge in [-0.3, -0.25) is 0 Å². The minimum atomic E-state index is 0.556. The van der Waals surface area contributed by atoms with E-state index in [2.05, 4.69) is 36.4 Å². The number of hydrogen-bond donors (Lipinski definition) is 1. The van der Waals surface area contributed by atoms with Crippen LogP contribution in [0.25, 0.3) is 0 Å². The van der Waals surface area contributed by atoms with Crippen molar-refractivity contribution in [3.63, 3.8) is 0 Å². The summed E-state index contributed by atoms with van der Waals surface area (Å²) in [5.74, 6) is 3.76. The molecular formula is C10H20N2S. The van der Waals surface area contributed by atoms with E-state index in [4.69, 9.17) is 6.42 Å². The van der Waals surface area contributed by atoms with E-state index in [0.717, 1.165) is 13.1 Å². The topological polar surface area (TPSA) is 15.3 Å². The summed E-state index contributed by atoms with van der Waals surface area (Å²) in [5.41, 5.74) is 0. The molecular weight excluding hydrogens is 180 g/mol. The number of thioether (sulfide) groups is 1. The van der Waals surface area contributed by atoms with E-state index in [1.165, 1.54) is 5.75 Å². The molecule has 0 amide bonds. The van der Waals surface area contributed by atoms with Gasteiger partial charge in [0, 0.05) is 24.9 Å². The van der Waals surface area contributed by atoms with E-state index >= 15 is 0 Å². The molecule has 0 aliphatic heterocycles. The molecule has 0 aromatic rings. The van der Waals surface area contributed by atoms with Gasteiger partial charge in [-0.25, -0.2) is 0 Å². The third kappa shape index (κ3) is 6.94. The first-order chi connectivity index (χ1) is 6.22. The maximum atomic E-state index is 5.14. The third-order valence-electron chi connectivity index (χ3n) is 2.07. The van der Waals surface area contributed by atoms with Gasteiger partial charge in [-0.2, -0.15) is 11.8 Å². The fourth-order valence-electron chi connectivity index (χ4n) is 0.965. The van der Waals surface area contributed by atoms with Gasteiger partial charge in [0.15, 0.2) is 0 Å². The van der Waals surface area contributed by atoms with Crippen molar-refractivity contribution in [2.75, 3.05) is 38.7 Å². The van der Waals surface area contributed by atoms with Crippen LogP contribution in [0.3, 0.4) is 0 Å². The second kappa shape index (κ2) is 8.43. The van der Waals surface area contributed by atoms with Crippen molar-refractivity contribution in [2.24, 2.45) is 0 Å². The third-order valence-corrected chi connectivity index (χ3v) is 2.66. The summed E-state index contributed by atoms with van der Waals surface area (Å²) in [6, 6.07) is 0.556. The lowest BCUT2D eigenvalue weighted by molar-refractivity contribution is 0.268. The zero-order valence-corrected chi connectivity index (χ0v) is 9.66. The molecule has 0 aliphatic rings. The van der Waals surface area contributed by atoms with E-state index in [1.807, 2.05) is 11.8 Å². The Morgan fingerprint density at radius 1 is 1.62 bits per heavy atom. The Bertz CT molecular complexity index is 153. The Kier molecular flexibility index (Phi) is 8.32. The van der Waals surface area contributed by atoms with E-state index in [9.17, 15) is 0 Å². The van der Waals surface area contributed by atoms with Crippen molar-refractivity contribution in [2.45, 2.75) is 13.0 Å². The number of hydrogen-bond acceptors (Lipinski definition) is 3. The highest BCUT2D eigenvalue weighted by Gasteiger charge is 2.06. The summed E-state index contributed by atoms with van der Waals surface area (Å²) < 4.78 is 0. The van der Waals surface area contributed by atoms with Crippen LogP contribution in [0.1, 0.15) is 6.92 Å². The van der Waals surface area contributed by atoms with Gasteiger partial charge in [-0.1, -0.05) is 5.92 Å². The fourth-order valence-corrected chi connectivity index (χ4v) is 1.44. The molecule has 0 saturated carbocycles. The minimum absolute atomic E-state index is 0.556. The Morgan fingerprint density at radius 3 is 2.85 bits per heavy atom. The Hall–Kier alpha value is -0.170. The average molecular weight is 200 g/mol. The lowest BCUT2D eigenvalue weighted by Crippen LogP contribution is -2.39. The van der Waals surface area contributed by atoms with Crippen LogP contribution in [0.5, 0.6) is 0 Å². The molecule has 0 aromatic carbocycles. The number of nitrogens with one attached hydrogen (secondary N) is 1. The van der Waals surface area contributed by atoms with Gasteiger partial charge in [0.1, 0.15) is 0 Å². The molecule has 13 heavy (non-hydrogen) atoms. The molecule has 0 rings (SSSR count). The van der Waals surface area contributed by atoms with E-state index in [1.54, 1.807) is 0 Å². The van der Waals surface area contributed by atoms with Crippen LogP contribution in [0, 0.1) is 12.3 Å². The smallest absolute Gasteiger partial charge is 0.0574 e. The van der Waals surface area contributed by atoms with Crippen molar-refractivity contribution in [1.82, 2.24) is 10.2 Å². The highest BCUT2D eigenvalue weighted by molar-refractivity contribution is 7.98. The van der Waals surface area contributed by atoms with Crippen LogP contribution < -0.4 is 5.32 Å². The Labute approximate surface area is 86.5 Å². The maximum absolute atomic E-state index is 5.14. The predicted octanol–water partition coefficient (Wildman–Crippen LogP) is 0.893. The Morgan fingerprint density at radius 2 is 2.31 bits per heavy atom. The maximum Gasteiger partial charge on any atom is 0.0574 e. The molecule has 0 bridgehead atoms. The second-order valence-electron chi connectivity index (χ2n) is 3.16. The molecule has 0 saturated heterocycles. The van der Waals surface area contributed by atoms with Crippen molar-refractivity contribution in [1.29, 1.82) is 0 Å². The molecule has 2 nitrogen and oxygen atoms in total. The first-order valence-electron chi connectivity index (χ1n) is 4.55. The first-order valence-corrected chi connectivity index (χ1v) is 5.95. The number of likely N-dealkylation sites (N-methyl/N-ethyl adjacent to an activating group) is 1. The average Bonchev–Trinajstić information content (AvgIpc) is 2.14. The van der Waals surface area contributed by atoms with Crippen LogP contribution in [0.2, 0.25) is 0 Å². The number of nitrogens with zero attached hydrogens (tertiary/aromatic N) is 1. The SMILES string of the molecule is C#CCNCC(C)N(C)CCSC. The standard InChI is InChI=1S/C10H20N2S/c1-5-6-11-9-10(2)12(3)7-8-13-4/h1,10-11H,6-9H2,2-4H3. The van der Waals surface area contributed by atoms with E-state index in [0.29, 0.717) is 12.6 Å². The summed E-state index contributed by atoms with van der Waals surface area (Å²) in [7, 11) is 2.15. The molecule has 0 spiro atoms. The molecule has 1 atom stereocenters. The summed E-state index contributed by atoms with van der Waals surface area (Å²) in [4.78, 5) is 2.35. The molecule has 3 heteroatoms. The van der Waals surface area contributed by atoms with Crippen LogP contribution in [-0.2, 0) is 0 Å². The van der Waals surface area contributed by atoms with Gasteiger partial charge in [-0.15, -0.1) is 6.42 Å². The van der Waals surface area contributed by atoms with E-state index in [-0.39, 0.29) is 0 Å². The number of rotatable bonds is 7. The molecule has 76 valence electrons. The van der Waals surface area contributed by atoms with Gasteiger partial charge in [-0.05, 0) is 20.2 Å². The van der Waals surface area contributed by atoms with E-state index < -0.39 is 0 Å². The van der Waals surface area contributed by atoms with Gasteiger partial charge >= 0.3 is 0 Å². The fraction of sp³-hybridized carbons (Fsp3) is 0.800. The quantitative estimate of drug-likeness (QED) is 0.485. The summed E-state index contributed by atoms with van der Waals surface area (Å²) in [6.07, 6.45) is 7.28. The second-order valence-corrected chi connectivity index (χ2v) is 4.14. The first kappa shape index (κ1) is 12.8. The molecule has 0 aliphatic carbocycles. The molecule has 1 unspecified atom stereocenters. The molecule has 1 N–H and O–H groups in total. The van der Waals surface area contributed by atoms with Crippen LogP contribution in [0.15, 0.2) is 0 Å². The lowest BCUT2D eigenvalue weighted by atomic mass is 10.3. The summed E-state index contributed by atoms with van der Waals surface area (Å²) >= 11 is 1.88. The van der Waals surface area contributed by atoms with Crippen molar-refractivity contribution >= 4 is 11.8 Å². The van der Waals surface area contributed by atoms with Gasteiger partial charge in [0.2, 0.25) is 0 Å². The summed E-state index contributed by atoms with van der Waals surface area (Å²) in [5, 5.41) is 3.21. The highest BCUT2D eigenvalue weighted by Crippen LogP contribution is 1.97. The zero-order chi connectivity index (χ0) is 10.1. The monoisotopic (exact) mass is 200 g/mol. The van der Waals surface area contributed by atoms with Crippen LogP contribution in [0.4, 0.5) is 0 Å². The molecule has 0 radical (unpaired) electrons. The van der Waals surface area contributed by atoms with Gasteiger partial charge < -0.3 is 10.2 Å². The largest absolute Gasteiger partial charge is 0.305 e. The van der Waals surface area contributed by atoms with Crippen LogP contribution in [-0.4, -0.2) is 49.6 Å².